The Labute approximate surface area is 116 Å². The van der Waals surface area contributed by atoms with Gasteiger partial charge in [0.15, 0.2) is 0 Å². The molecule has 1 aliphatic heterocycles. The molecule has 0 aliphatic carbocycles. The summed E-state index contributed by atoms with van der Waals surface area (Å²) in [6.07, 6.45) is 0.972. The summed E-state index contributed by atoms with van der Waals surface area (Å²) in [5.41, 5.74) is 2.30. The van der Waals surface area contributed by atoms with Crippen molar-refractivity contribution in [3.05, 3.63) is 29.8 Å². The Hall–Kier alpha value is -0.940. The predicted octanol–water partition coefficient (Wildman–Crippen LogP) is 3.18. The van der Waals surface area contributed by atoms with E-state index in [1.54, 1.807) is 11.8 Å². The van der Waals surface area contributed by atoms with Crippen LogP contribution in [0.25, 0.3) is 0 Å². The molecule has 0 unspecified atom stereocenters. The first-order chi connectivity index (χ1) is 8.79. The van der Waals surface area contributed by atoms with Crippen molar-refractivity contribution in [3.8, 4) is 0 Å². The van der Waals surface area contributed by atoms with Crippen molar-refractivity contribution in [3.63, 3.8) is 0 Å². The number of nitrogens with one attached hydrogen (secondary N) is 1. The minimum atomic E-state index is 0.0870. The highest BCUT2D eigenvalue weighted by Crippen LogP contribution is 2.34. The number of benzene rings is 1. The van der Waals surface area contributed by atoms with Gasteiger partial charge < -0.3 is 5.32 Å². The Morgan fingerprint density at radius 1 is 1.50 bits per heavy atom. The number of para-hydroxylation sites is 1. The Morgan fingerprint density at radius 3 is 3.17 bits per heavy atom. The minimum Gasteiger partial charge on any atom is -0.355 e. The SMILES string of the molecule is CCCNC(=O)CSC1=Nc2ccccc2CS1. The van der Waals surface area contributed by atoms with Crippen LogP contribution >= 0.6 is 23.5 Å². The third kappa shape index (κ3) is 3.78. The lowest BCUT2D eigenvalue weighted by Crippen LogP contribution is -2.26. The second kappa shape index (κ2) is 6.85. The number of fused-ring (bicyclic) bond motifs is 1. The molecule has 1 heterocycles. The molecule has 0 atom stereocenters. The summed E-state index contributed by atoms with van der Waals surface area (Å²) < 4.78 is 0.986. The second-order valence-electron chi connectivity index (χ2n) is 3.93. The van der Waals surface area contributed by atoms with Crippen molar-refractivity contribution in [2.45, 2.75) is 19.1 Å². The Kier molecular flexibility index (Phi) is 5.13. The number of aliphatic imine (C=N–C) groups is 1. The van der Waals surface area contributed by atoms with E-state index in [1.165, 1.54) is 17.3 Å². The quantitative estimate of drug-likeness (QED) is 0.921. The van der Waals surface area contributed by atoms with Crippen molar-refractivity contribution >= 4 is 39.5 Å². The van der Waals surface area contributed by atoms with E-state index in [2.05, 4.69) is 16.4 Å². The molecule has 1 amide bonds. The molecule has 0 saturated carbocycles. The van der Waals surface area contributed by atoms with Gasteiger partial charge in [-0.3, -0.25) is 4.79 Å². The van der Waals surface area contributed by atoms with Gasteiger partial charge in [0, 0.05) is 12.3 Å². The fourth-order valence-electron chi connectivity index (χ4n) is 1.53. The lowest BCUT2D eigenvalue weighted by atomic mass is 10.2. The van der Waals surface area contributed by atoms with E-state index in [-0.39, 0.29) is 5.91 Å². The minimum absolute atomic E-state index is 0.0870. The topological polar surface area (TPSA) is 41.5 Å². The summed E-state index contributed by atoms with van der Waals surface area (Å²) in [4.78, 5) is 16.1. The monoisotopic (exact) mass is 280 g/mol. The van der Waals surface area contributed by atoms with E-state index < -0.39 is 0 Å². The van der Waals surface area contributed by atoms with Gasteiger partial charge >= 0.3 is 0 Å². The van der Waals surface area contributed by atoms with Crippen molar-refractivity contribution in [1.82, 2.24) is 5.32 Å². The summed E-state index contributed by atoms with van der Waals surface area (Å²) in [6.45, 7) is 2.80. The van der Waals surface area contributed by atoms with E-state index >= 15 is 0 Å². The molecule has 96 valence electrons. The molecule has 1 aromatic carbocycles. The normalized spacial score (nSPS) is 13.7. The van der Waals surface area contributed by atoms with E-state index in [4.69, 9.17) is 0 Å². The highest BCUT2D eigenvalue weighted by Gasteiger charge is 2.13. The first-order valence-electron chi connectivity index (χ1n) is 5.98. The molecular weight excluding hydrogens is 264 g/mol. The van der Waals surface area contributed by atoms with Crippen LogP contribution in [0.3, 0.4) is 0 Å². The van der Waals surface area contributed by atoms with Crippen LogP contribution in [0.15, 0.2) is 29.3 Å². The molecule has 0 fully saturated rings. The highest BCUT2D eigenvalue weighted by atomic mass is 32.2. The molecule has 0 spiro atoms. The molecule has 0 saturated heterocycles. The zero-order valence-electron chi connectivity index (χ0n) is 10.3. The van der Waals surface area contributed by atoms with Gasteiger partial charge in [-0.2, -0.15) is 0 Å². The van der Waals surface area contributed by atoms with Crippen molar-refractivity contribution in [2.75, 3.05) is 12.3 Å². The second-order valence-corrected chi connectivity index (χ2v) is 6.12. The standard InChI is InChI=1S/C13H16N2OS2/c1-2-7-14-12(16)9-18-13-15-11-6-4-3-5-10(11)8-17-13/h3-6H,2,7-9H2,1H3,(H,14,16). The number of carbonyl (C=O) groups is 1. The smallest absolute Gasteiger partial charge is 0.230 e. The number of amides is 1. The zero-order valence-corrected chi connectivity index (χ0v) is 11.9. The van der Waals surface area contributed by atoms with Crippen LogP contribution in [0.2, 0.25) is 0 Å². The zero-order chi connectivity index (χ0) is 12.8. The lowest BCUT2D eigenvalue weighted by molar-refractivity contribution is -0.118. The largest absolute Gasteiger partial charge is 0.355 e. The summed E-state index contributed by atoms with van der Waals surface area (Å²) >= 11 is 3.23. The van der Waals surface area contributed by atoms with Gasteiger partial charge in [0.1, 0.15) is 4.38 Å². The molecule has 0 aromatic heterocycles. The van der Waals surface area contributed by atoms with Crippen LogP contribution in [0.1, 0.15) is 18.9 Å². The van der Waals surface area contributed by atoms with Crippen LogP contribution in [0, 0.1) is 0 Å². The molecule has 18 heavy (non-hydrogen) atoms. The van der Waals surface area contributed by atoms with Gasteiger partial charge in [0.25, 0.3) is 0 Å². The molecule has 5 heteroatoms. The van der Waals surface area contributed by atoms with Crippen LogP contribution in [0.4, 0.5) is 5.69 Å². The third-order valence-corrected chi connectivity index (χ3v) is 4.70. The van der Waals surface area contributed by atoms with Gasteiger partial charge in [0.2, 0.25) is 5.91 Å². The summed E-state index contributed by atoms with van der Waals surface area (Å²) in [7, 11) is 0. The van der Waals surface area contributed by atoms with E-state index in [0.29, 0.717) is 5.75 Å². The Balaban J connectivity index is 1.88. The highest BCUT2D eigenvalue weighted by molar-refractivity contribution is 8.38. The number of hydrogen-bond donors (Lipinski definition) is 1. The average Bonchev–Trinajstić information content (AvgIpc) is 2.42. The van der Waals surface area contributed by atoms with Crippen molar-refractivity contribution in [2.24, 2.45) is 4.99 Å². The lowest BCUT2D eigenvalue weighted by Gasteiger charge is -2.13. The number of hydrogen-bond acceptors (Lipinski definition) is 4. The molecule has 0 radical (unpaired) electrons. The average molecular weight is 280 g/mol. The maximum Gasteiger partial charge on any atom is 0.230 e. The number of rotatable bonds is 4. The van der Waals surface area contributed by atoms with Crippen LogP contribution in [-0.4, -0.2) is 22.6 Å². The fraction of sp³-hybridized carbons (Fsp3) is 0.385. The third-order valence-electron chi connectivity index (χ3n) is 2.45. The molecule has 1 aromatic rings. The van der Waals surface area contributed by atoms with E-state index in [1.807, 2.05) is 25.1 Å². The van der Waals surface area contributed by atoms with Crippen LogP contribution < -0.4 is 5.32 Å². The number of carbonyl (C=O) groups excluding carboxylic acids is 1. The first-order valence-corrected chi connectivity index (χ1v) is 7.95. The van der Waals surface area contributed by atoms with Gasteiger partial charge in [-0.05, 0) is 18.1 Å². The maximum absolute atomic E-state index is 11.5. The predicted molar refractivity (Wildman–Crippen MR) is 80.6 cm³/mol. The van der Waals surface area contributed by atoms with E-state index in [9.17, 15) is 4.79 Å². The number of thioether (sulfide) groups is 2. The van der Waals surface area contributed by atoms with Crippen LogP contribution in [-0.2, 0) is 10.5 Å². The van der Waals surface area contributed by atoms with Crippen molar-refractivity contribution < 1.29 is 4.79 Å². The molecule has 1 aliphatic rings. The first kappa shape index (κ1) is 13.5. The Morgan fingerprint density at radius 2 is 2.33 bits per heavy atom. The van der Waals surface area contributed by atoms with Gasteiger partial charge in [-0.15, -0.1) is 0 Å². The summed E-state index contributed by atoms with van der Waals surface area (Å²) in [5.74, 6) is 1.48. The van der Waals surface area contributed by atoms with Gasteiger partial charge in [0.05, 0.1) is 11.4 Å². The van der Waals surface area contributed by atoms with E-state index in [0.717, 1.165) is 28.8 Å². The van der Waals surface area contributed by atoms with Gasteiger partial charge in [-0.1, -0.05) is 48.6 Å². The summed E-state index contributed by atoms with van der Waals surface area (Å²) in [6, 6.07) is 8.15. The fourth-order valence-corrected chi connectivity index (χ4v) is 3.42. The Bertz CT molecular complexity index is 460. The molecule has 0 bridgehead atoms. The molecular formula is C13H16N2OS2. The number of nitrogens with zero attached hydrogens (tertiary/aromatic N) is 1. The molecule has 1 N–H and O–H groups in total. The molecule has 3 nitrogen and oxygen atoms in total. The van der Waals surface area contributed by atoms with Crippen LogP contribution in [0.5, 0.6) is 0 Å². The maximum atomic E-state index is 11.5. The van der Waals surface area contributed by atoms with Gasteiger partial charge in [-0.25, -0.2) is 4.99 Å². The van der Waals surface area contributed by atoms with Crippen molar-refractivity contribution in [1.29, 1.82) is 0 Å². The summed E-state index contributed by atoms with van der Waals surface area (Å²) in [5, 5.41) is 2.87. The molecule has 2 rings (SSSR count).